The van der Waals surface area contributed by atoms with Crippen LogP contribution in [0.3, 0.4) is 0 Å². The number of aromatic nitrogens is 2. The summed E-state index contributed by atoms with van der Waals surface area (Å²) in [6.45, 7) is 0. The number of nitrogens with one attached hydrogen (secondary N) is 1. The van der Waals surface area contributed by atoms with Crippen LogP contribution in [0.4, 0.5) is 11.4 Å². The van der Waals surface area contributed by atoms with Gasteiger partial charge < -0.3 is 9.73 Å². The summed E-state index contributed by atoms with van der Waals surface area (Å²) < 4.78 is 5.70. The van der Waals surface area contributed by atoms with Crippen molar-refractivity contribution in [3.8, 4) is 22.9 Å². The van der Waals surface area contributed by atoms with Gasteiger partial charge in [0.15, 0.2) is 0 Å². The van der Waals surface area contributed by atoms with E-state index < -0.39 is 4.92 Å². The summed E-state index contributed by atoms with van der Waals surface area (Å²) in [4.78, 5) is 22.6. The van der Waals surface area contributed by atoms with Crippen molar-refractivity contribution in [2.45, 2.75) is 0 Å². The highest BCUT2D eigenvalue weighted by Gasteiger charge is 2.12. The number of hydrogen-bond donors (Lipinski definition) is 1. The highest BCUT2D eigenvalue weighted by Crippen LogP contribution is 2.24. The minimum atomic E-state index is -0.495. The van der Waals surface area contributed by atoms with Gasteiger partial charge in [0, 0.05) is 34.5 Å². The molecule has 4 rings (SSSR count). The van der Waals surface area contributed by atoms with E-state index in [0.29, 0.717) is 28.6 Å². The molecule has 4 aromatic rings. The van der Waals surface area contributed by atoms with Crippen LogP contribution < -0.4 is 5.32 Å². The summed E-state index contributed by atoms with van der Waals surface area (Å²) in [5.41, 5.74) is 2.36. The number of nitro groups is 1. The first-order chi connectivity index (χ1) is 14.1. The monoisotopic (exact) mass is 386 g/mol. The van der Waals surface area contributed by atoms with E-state index in [4.69, 9.17) is 4.42 Å². The fourth-order valence-corrected chi connectivity index (χ4v) is 2.67. The lowest BCUT2D eigenvalue weighted by molar-refractivity contribution is -0.384. The Morgan fingerprint density at radius 1 is 0.828 bits per heavy atom. The minimum Gasteiger partial charge on any atom is -0.416 e. The first-order valence-electron chi connectivity index (χ1n) is 8.65. The maximum atomic E-state index is 12.4. The van der Waals surface area contributed by atoms with Crippen molar-refractivity contribution >= 4 is 17.3 Å². The molecule has 3 aromatic carbocycles. The molecule has 0 aliphatic heterocycles. The number of nitro benzene ring substituents is 1. The average molecular weight is 386 g/mol. The number of hydrogen-bond acceptors (Lipinski definition) is 6. The lowest BCUT2D eigenvalue weighted by atomic mass is 10.1. The smallest absolute Gasteiger partial charge is 0.269 e. The van der Waals surface area contributed by atoms with Gasteiger partial charge >= 0.3 is 0 Å². The first-order valence-corrected chi connectivity index (χ1v) is 8.65. The minimum absolute atomic E-state index is 0.0400. The Bertz CT molecular complexity index is 1150. The van der Waals surface area contributed by atoms with Gasteiger partial charge in [-0.1, -0.05) is 18.2 Å². The van der Waals surface area contributed by atoms with Crippen LogP contribution in [0, 0.1) is 10.1 Å². The van der Waals surface area contributed by atoms with E-state index in [1.165, 1.54) is 24.3 Å². The van der Waals surface area contributed by atoms with Crippen LogP contribution in [0.1, 0.15) is 10.4 Å². The van der Waals surface area contributed by atoms with Crippen LogP contribution in [0.25, 0.3) is 22.9 Å². The molecule has 0 radical (unpaired) electrons. The molecule has 8 heteroatoms. The summed E-state index contributed by atoms with van der Waals surface area (Å²) in [6, 6.07) is 21.8. The Morgan fingerprint density at radius 2 is 1.41 bits per heavy atom. The van der Waals surface area contributed by atoms with Crippen molar-refractivity contribution in [2.24, 2.45) is 0 Å². The van der Waals surface area contributed by atoms with Gasteiger partial charge in [-0.2, -0.15) is 0 Å². The Morgan fingerprint density at radius 3 is 2.00 bits per heavy atom. The lowest BCUT2D eigenvalue weighted by Crippen LogP contribution is -2.11. The molecule has 1 aromatic heterocycles. The van der Waals surface area contributed by atoms with Crippen molar-refractivity contribution < 1.29 is 14.1 Å². The molecule has 0 aliphatic carbocycles. The second kappa shape index (κ2) is 7.73. The maximum absolute atomic E-state index is 12.4. The second-order valence-corrected chi connectivity index (χ2v) is 6.11. The fourth-order valence-electron chi connectivity index (χ4n) is 2.67. The van der Waals surface area contributed by atoms with Crippen LogP contribution in [-0.2, 0) is 0 Å². The van der Waals surface area contributed by atoms with Crippen LogP contribution >= 0.6 is 0 Å². The third kappa shape index (κ3) is 4.01. The first kappa shape index (κ1) is 18.1. The molecule has 0 saturated carbocycles. The van der Waals surface area contributed by atoms with Crippen LogP contribution in [-0.4, -0.2) is 21.0 Å². The van der Waals surface area contributed by atoms with Gasteiger partial charge in [0.25, 0.3) is 11.6 Å². The van der Waals surface area contributed by atoms with E-state index >= 15 is 0 Å². The normalized spacial score (nSPS) is 10.5. The van der Waals surface area contributed by atoms with Gasteiger partial charge in [-0.15, -0.1) is 10.2 Å². The maximum Gasteiger partial charge on any atom is 0.269 e. The number of rotatable bonds is 5. The summed E-state index contributed by atoms with van der Waals surface area (Å²) in [5.74, 6) is 0.438. The van der Waals surface area contributed by atoms with Crippen LogP contribution in [0.15, 0.2) is 83.3 Å². The van der Waals surface area contributed by atoms with Crippen LogP contribution in [0.5, 0.6) is 0 Å². The largest absolute Gasteiger partial charge is 0.416 e. The number of carbonyl (C=O) groups excluding carboxylic acids is 1. The molecule has 29 heavy (non-hydrogen) atoms. The van der Waals surface area contributed by atoms with E-state index in [1.807, 2.05) is 30.3 Å². The molecule has 142 valence electrons. The molecule has 1 N–H and O–H groups in total. The van der Waals surface area contributed by atoms with Crippen LogP contribution in [0.2, 0.25) is 0 Å². The van der Waals surface area contributed by atoms with E-state index in [-0.39, 0.29) is 11.6 Å². The van der Waals surface area contributed by atoms with E-state index in [0.717, 1.165) is 5.56 Å². The topological polar surface area (TPSA) is 111 Å². The molecule has 0 spiro atoms. The zero-order valence-corrected chi connectivity index (χ0v) is 15.0. The number of anilines is 1. The number of amides is 1. The summed E-state index contributed by atoms with van der Waals surface area (Å²) in [5, 5.41) is 21.5. The predicted octanol–water partition coefficient (Wildman–Crippen LogP) is 4.56. The fraction of sp³-hybridized carbons (Fsp3) is 0. The van der Waals surface area contributed by atoms with Gasteiger partial charge in [-0.3, -0.25) is 14.9 Å². The molecule has 0 aliphatic rings. The molecule has 0 bridgehead atoms. The summed E-state index contributed by atoms with van der Waals surface area (Å²) in [7, 11) is 0. The molecule has 8 nitrogen and oxygen atoms in total. The van der Waals surface area contributed by atoms with Gasteiger partial charge in [-0.25, -0.2) is 0 Å². The van der Waals surface area contributed by atoms with Gasteiger partial charge in [-0.05, 0) is 48.5 Å². The standard InChI is InChI=1S/C21H14N4O4/c26-19(22-17-10-12-18(13-11-17)25(27)28)14-6-8-16(9-7-14)21-24-23-20(29-21)15-4-2-1-3-5-15/h1-13H,(H,22,26). The quantitative estimate of drug-likeness (QED) is 0.397. The summed E-state index contributed by atoms with van der Waals surface area (Å²) in [6.07, 6.45) is 0. The Labute approximate surface area is 165 Å². The molecular formula is C21H14N4O4. The SMILES string of the molecule is O=C(Nc1ccc([N+](=O)[O-])cc1)c1ccc(-c2nnc(-c3ccccc3)o2)cc1. The van der Waals surface area contributed by atoms with Gasteiger partial charge in [0.05, 0.1) is 4.92 Å². The highest BCUT2D eigenvalue weighted by molar-refractivity contribution is 6.04. The van der Waals surface area contributed by atoms with Crippen molar-refractivity contribution in [3.63, 3.8) is 0 Å². The van der Waals surface area contributed by atoms with Crippen molar-refractivity contribution in [2.75, 3.05) is 5.32 Å². The highest BCUT2D eigenvalue weighted by atomic mass is 16.6. The Hall–Kier alpha value is -4.33. The zero-order chi connectivity index (χ0) is 20.2. The lowest BCUT2D eigenvalue weighted by Gasteiger charge is -2.05. The van der Waals surface area contributed by atoms with Crippen molar-refractivity contribution in [1.82, 2.24) is 10.2 Å². The van der Waals surface area contributed by atoms with E-state index in [9.17, 15) is 14.9 Å². The summed E-state index contributed by atoms with van der Waals surface area (Å²) >= 11 is 0. The van der Waals surface area contributed by atoms with E-state index in [2.05, 4.69) is 15.5 Å². The second-order valence-electron chi connectivity index (χ2n) is 6.11. The Balaban J connectivity index is 1.47. The Kier molecular flexibility index (Phi) is 4.81. The van der Waals surface area contributed by atoms with Gasteiger partial charge in [0.1, 0.15) is 0 Å². The molecule has 1 heterocycles. The van der Waals surface area contributed by atoms with Crippen molar-refractivity contribution in [1.29, 1.82) is 0 Å². The third-order valence-electron chi connectivity index (χ3n) is 4.18. The number of nitrogens with zero attached hydrogens (tertiary/aromatic N) is 3. The van der Waals surface area contributed by atoms with E-state index in [1.54, 1.807) is 24.3 Å². The number of benzene rings is 3. The predicted molar refractivity (Wildman–Crippen MR) is 106 cm³/mol. The molecular weight excluding hydrogens is 372 g/mol. The van der Waals surface area contributed by atoms with Crippen molar-refractivity contribution in [3.05, 3.63) is 94.5 Å². The van der Waals surface area contributed by atoms with Gasteiger partial charge in [0.2, 0.25) is 11.8 Å². The zero-order valence-electron chi connectivity index (χ0n) is 15.0. The molecule has 0 atom stereocenters. The third-order valence-corrected chi connectivity index (χ3v) is 4.18. The number of non-ortho nitro benzene ring substituents is 1. The number of carbonyl (C=O) groups is 1. The molecule has 1 amide bonds. The molecule has 0 unspecified atom stereocenters. The molecule has 0 fully saturated rings. The average Bonchev–Trinajstić information content (AvgIpc) is 3.25. The molecule has 0 saturated heterocycles.